The van der Waals surface area contributed by atoms with Crippen molar-refractivity contribution in [3.63, 3.8) is 0 Å². The molecule has 1 heterocycles. The van der Waals surface area contributed by atoms with E-state index in [4.69, 9.17) is 9.47 Å². The lowest BCUT2D eigenvalue weighted by Crippen LogP contribution is -2.22. The van der Waals surface area contributed by atoms with Gasteiger partial charge in [-0.05, 0) is 31.2 Å². The first-order valence-electron chi connectivity index (χ1n) is 8.68. The van der Waals surface area contributed by atoms with Crippen LogP contribution in [0.15, 0.2) is 53.7 Å². The summed E-state index contributed by atoms with van der Waals surface area (Å²) in [5.41, 5.74) is 1.53. The molecule has 3 rings (SSSR count). The Hall–Kier alpha value is -3.00. The third kappa shape index (κ3) is 4.28. The molecule has 0 aliphatic heterocycles. The van der Waals surface area contributed by atoms with E-state index in [1.807, 2.05) is 61.0 Å². The van der Waals surface area contributed by atoms with Gasteiger partial charge >= 0.3 is 0 Å². The Balaban J connectivity index is 1.73. The highest BCUT2D eigenvalue weighted by atomic mass is 32.2. The SMILES string of the molecule is COc1cccc(NC(=O)C(C)Sc2nnc(-c3ccccc3OC)n2C)c1. The van der Waals surface area contributed by atoms with Gasteiger partial charge in [0.25, 0.3) is 0 Å². The average Bonchev–Trinajstić information content (AvgIpc) is 3.08. The number of methoxy groups -OCH3 is 2. The van der Waals surface area contributed by atoms with Gasteiger partial charge in [-0.3, -0.25) is 4.79 Å². The number of hydrogen-bond donors (Lipinski definition) is 1. The summed E-state index contributed by atoms with van der Waals surface area (Å²) in [6, 6.07) is 14.9. The molecule has 0 radical (unpaired) electrons. The van der Waals surface area contributed by atoms with Crippen LogP contribution in [0.5, 0.6) is 11.5 Å². The summed E-state index contributed by atoms with van der Waals surface area (Å²) in [5.74, 6) is 1.96. The van der Waals surface area contributed by atoms with Gasteiger partial charge in [0.1, 0.15) is 11.5 Å². The van der Waals surface area contributed by atoms with E-state index in [2.05, 4.69) is 15.5 Å². The van der Waals surface area contributed by atoms with Gasteiger partial charge in [-0.15, -0.1) is 10.2 Å². The standard InChI is InChI=1S/C20H22N4O3S/c1-13(19(25)21-14-8-7-9-15(12-14)26-3)28-20-23-22-18(24(20)2)16-10-5-6-11-17(16)27-4/h5-13H,1-4H3,(H,21,25). The molecular weight excluding hydrogens is 376 g/mol. The number of ether oxygens (including phenoxy) is 2. The van der Waals surface area contributed by atoms with Crippen molar-refractivity contribution in [1.29, 1.82) is 0 Å². The topological polar surface area (TPSA) is 78.3 Å². The van der Waals surface area contributed by atoms with Gasteiger partial charge in [-0.1, -0.05) is 30.0 Å². The molecule has 0 aliphatic rings. The smallest absolute Gasteiger partial charge is 0.237 e. The monoisotopic (exact) mass is 398 g/mol. The molecule has 0 saturated carbocycles. The maximum absolute atomic E-state index is 12.6. The minimum atomic E-state index is -0.361. The predicted molar refractivity (Wildman–Crippen MR) is 110 cm³/mol. The van der Waals surface area contributed by atoms with Gasteiger partial charge in [0.2, 0.25) is 5.91 Å². The Morgan fingerprint density at radius 3 is 2.64 bits per heavy atom. The molecule has 0 spiro atoms. The second kappa shape index (κ2) is 8.79. The van der Waals surface area contributed by atoms with Crippen LogP contribution in [0.25, 0.3) is 11.4 Å². The molecule has 1 aromatic heterocycles. The summed E-state index contributed by atoms with van der Waals surface area (Å²) in [4.78, 5) is 12.6. The van der Waals surface area contributed by atoms with Crippen molar-refractivity contribution in [3.05, 3.63) is 48.5 Å². The number of hydrogen-bond acceptors (Lipinski definition) is 6. The van der Waals surface area contributed by atoms with E-state index in [0.29, 0.717) is 22.4 Å². The van der Waals surface area contributed by atoms with Crippen molar-refractivity contribution in [2.24, 2.45) is 7.05 Å². The van der Waals surface area contributed by atoms with E-state index < -0.39 is 0 Å². The second-order valence-corrected chi connectivity index (χ2v) is 7.35. The minimum Gasteiger partial charge on any atom is -0.497 e. The first-order chi connectivity index (χ1) is 13.5. The molecule has 0 bridgehead atoms. The number of para-hydroxylation sites is 1. The minimum absolute atomic E-state index is 0.125. The molecule has 0 fully saturated rings. The van der Waals surface area contributed by atoms with Gasteiger partial charge in [-0.25, -0.2) is 0 Å². The summed E-state index contributed by atoms with van der Waals surface area (Å²) in [6.45, 7) is 1.83. The van der Waals surface area contributed by atoms with Crippen LogP contribution in [0.4, 0.5) is 5.69 Å². The third-order valence-electron chi connectivity index (χ3n) is 4.17. The summed E-state index contributed by atoms with van der Waals surface area (Å²) >= 11 is 1.34. The van der Waals surface area contributed by atoms with E-state index in [0.717, 1.165) is 11.3 Å². The summed E-state index contributed by atoms with van der Waals surface area (Å²) < 4.78 is 12.4. The molecule has 8 heteroatoms. The Morgan fingerprint density at radius 2 is 1.89 bits per heavy atom. The fraction of sp³-hybridized carbons (Fsp3) is 0.250. The molecule has 0 aliphatic carbocycles. The number of rotatable bonds is 7. The quantitative estimate of drug-likeness (QED) is 0.613. The van der Waals surface area contributed by atoms with Crippen LogP contribution in [0, 0.1) is 0 Å². The molecule has 2 aromatic carbocycles. The Labute approximate surface area is 168 Å². The lowest BCUT2D eigenvalue weighted by atomic mass is 10.2. The number of anilines is 1. The van der Waals surface area contributed by atoms with Crippen molar-refractivity contribution < 1.29 is 14.3 Å². The zero-order chi connectivity index (χ0) is 20.1. The van der Waals surface area contributed by atoms with E-state index in [-0.39, 0.29) is 11.2 Å². The maximum Gasteiger partial charge on any atom is 0.237 e. The van der Waals surface area contributed by atoms with Crippen molar-refractivity contribution >= 4 is 23.4 Å². The highest BCUT2D eigenvalue weighted by Crippen LogP contribution is 2.31. The molecule has 0 saturated heterocycles. The largest absolute Gasteiger partial charge is 0.497 e. The van der Waals surface area contributed by atoms with Crippen LogP contribution in [-0.4, -0.2) is 40.1 Å². The second-order valence-electron chi connectivity index (χ2n) is 6.05. The third-order valence-corrected chi connectivity index (χ3v) is 5.31. The average molecular weight is 398 g/mol. The molecule has 146 valence electrons. The van der Waals surface area contributed by atoms with Gasteiger partial charge < -0.3 is 19.4 Å². The van der Waals surface area contributed by atoms with Gasteiger partial charge in [-0.2, -0.15) is 0 Å². The predicted octanol–water partition coefficient (Wildman–Crippen LogP) is 3.62. The van der Waals surface area contributed by atoms with Crippen LogP contribution in [0.2, 0.25) is 0 Å². The van der Waals surface area contributed by atoms with Crippen LogP contribution in [0.1, 0.15) is 6.92 Å². The van der Waals surface area contributed by atoms with E-state index in [9.17, 15) is 4.79 Å². The van der Waals surface area contributed by atoms with Crippen LogP contribution >= 0.6 is 11.8 Å². The maximum atomic E-state index is 12.6. The lowest BCUT2D eigenvalue weighted by molar-refractivity contribution is -0.115. The molecular formula is C20H22N4O3S. The molecule has 1 unspecified atom stereocenters. The summed E-state index contributed by atoms with van der Waals surface area (Å²) in [7, 11) is 5.08. The number of carbonyl (C=O) groups excluding carboxylic acids is 1. The normalized spacial score (nSPS) is 11.7. The van der Waals surface area contributed by atoms with Crippen LogP contribution in [0.3, 0.4) is 0 Å². The Kier molecular flexibility index (Phi) is 6.20. The number of thioether (sulfide) groups is 1. The summed E-state index contributed by atoms with van der Waals surface area (Å²) in [6.07, 6.45) is 0. The number of carbonyl (C=O) groups is 1. The van der Waals surface area contributed by atoms with Crippen molar-refractivity contribution in [1.82, 2.24) is 14.8 Å². The van der Waals surface area contributed by atoms with Gasteiger partial charge in [0.05, 0.1) is 25.0 Å². The van der Waals surface area contributed by atoms with Crippen molar-refractivity contribution in [2.45, 2.75) is 17.3 Å². The number of nitrogens with zero attached hydrogens (tertiary/aromatic N) is 3. The van der Waals surface area contributed by atoms with Gasteiger partial charge in [0, 0.05) is 18.8 Å². The first-order valence-corrected chi connectivity index (χ1v) is 9.55. The van der Waals surface area contributed by atoms with E-state index >= 15 is 0 Å². The fourth-order valence-electron chi connectivity index (χ4n) is 2.64. The molecule has 1 atom stereocenters. The van der Waals surface area contributed by atoms with Crippen molar-refractivity contribution in [2.75, 3.05) is 19.5 Å². The number of amides is 1. The highest BCUT2D eigenvalue weighted by Gasteiger charge is 2.20. The molecule has 28 heavy (non-hydrogen) atoms. The Morgan fingerprint density at radius 1 is 1.11 bits per heavy atom. The number of benzene rings is 2. The number of aromatic nitrogens is 3. The highest BCUT2D eigenvalue weighted by molar-refractivity contribution is 8.00. The number of nitrogens with one attached hydrogen (secondary N) is 1. The summed E-state index contributed by atoms with van der Waals surface area (Å²) in [5, 5.41) is 11.7. The molecule has 1 amide bonds. The van der Waals surface area contributed by atoms with Gasteiger partial charge in [0.15, 0.2) is 11.0 Å². The molecule has 1 N–H and O–H groups in total. The lowest BCUT2D eigenvalue weighted by Gasteiger charge is -2.12. The van der Waals surface area contributed by atoms with E-state index in [1.165, 1.54) is 11.8 Å². The van der Waals surface area contributed by atoms with Crippen molar-refractivity contribution in [3.8, 4) is 22.9 Å². The zero-order valence-corrected chi connectivity index (χ0v) is 17.0. The zero-order valence-electron chi connectivity index (χ0n) is 16.2. The fourth-order valence-corrected chi connectivity index (χ4v) is 3.45. The molecule has 7 nitrogen and oxygen atoms in total. The molecule has 3 aromatic rings. The van der Waals surface area contributed by atoms with Crippen LogP contribution < -0.4 is 14.8 Å². The van der Waals surface area contributed by atoms with E-state index in [1.54, 1.807) is 20.3 Å². The first kappa shape index (κ1) is 19.8. The Bertz CT molecular complexity index is 974. The van der Waals surface area contributed by atoms with Crippen LogP contribution in [-0.2, 0) is 11.8 Å².